The van der Waals surface area contributed by atoms with E-state index in [1.54, 1.807) is 12.3 Å². The minimum atomic E-state index is -0.179. The van der Waals surface area contributed by atoms with Crippen LogP contribution in [0.5, 0.6) is 0 Å². The standard InChI is InChI=1S/C23H32N8O2/c1-4-18(11-16(2)22(32)24-12-17-5-10-33-14-17)28-21-20-19(26-15-27-21)13-25-23(29-20)31-8-6-30(3)7-9-31/h11,13,15,17H,2,4-10,12,14H2,1,3H3,(H,24,32)(H,26,27,28)/b18-11+. The summed E-state index contributed by atoms with van der Waals surface area (Å²) in [6.07, 6.45) is 6.63. The van der Waals surface area contributed by atoms with Crippen LogP contribution in [0.4, 0.5) is 11.8 Å². The number of anilines is 2. The largest absolute Gasteiger partial charge is 0.381 e. The van der Waals surface area contributed by atoms with Crippen molar-refractivity contribution in [3.63, 3.8) is 0 Å². The number of amides is 1. The molecule has 4 rings (SSSR count). The molecule has 0 aliphatic carbocycles. The fourth-order valence-corrected chi connectivity index (χ4v) is 3.84. The van der Waals surface area contributed by atoms with Gasteiger partial charge in [-0.2, -0.15) is 0 Å². The maximum atomic E-state index is 12.5. The molecule has 0 aromatic carbocycles. The van der Waals surface area contributed by atoms with Gasteiger partial charge in [0.1, 0.15) is 17.4 Å². The summed E-state index contributed by atoms with van der Waals surface area (Å²) in [6.45, 7) is 11.7. The highest BCUT2D eigenvalue weighted by atomic mass is 16.5. The number of carbonyl (C=O) groups is 1. The van der Waals surface area contributed by atoms with Crippen molar-refractivity contribution in [2.75, 3.05) is 63.2 Å². The summed E-state index contributed by atoms with van der Waals surface area (Å²) in [7, 11) is 2.12. The zero-order valence-corrected chi connectivity index (χ0v) is 19.4. The molecule has 10 nitrogen and oxygen atoms in total. The molecule has 176 valence electrons. The van der Waals surface area contributed by atoms with Crippen molar-refractivity contribution in [3.05, 3.63) is 36.4 Å². The van der Waals surface area contributed by atoms with Crippen LogP contribution in [0.15, 0.2) is 36.4 Å². The lowest BCUT2D eigenvalue weighted by atomic mass is 10.1. The van der Waals surface area contributed by atoms with Gasteiger partial charge in [-0.1, -0.05) is 13.5 Å². The van der Waals surface area contributed by atoms with Crippen molar-refractivity contribution >= 4 is 28.7 Å². The Kier molecular flexibility index (Phi) is 7.46. The Hall–Kier alpha value is -3.11. The Labute approximate surface area is 194 Å². The number of likely N-dealkylation sites (N-methyl/N-ethyl adjacent to an activating group) is 1. The fraction of sp³-hybridized carbons (Fsp3) is 0.522. The van der Waals surface area contributed by atoms with E-state index in [-0.39, 0.29) is 5.91 Å². The predicted octanol–water partition coefficient (Wildman–Crippen LogP) is 1.59. The Balaban J connectivity index is 1.47. The molecule has 0 radical (unpaired) electrons. The third-order valence-corrected chi connectivity index (χ3v) is 6.03. The highest BCUT2D eigenvalue weighted by Gasteiger charge is 2.19. The van der Waals surface area contributed by atoms with Crippen LogP contribution >= 0.6 is 0 Å². The highest BCUT2D eigenvalue weighted by Crippen LogP contribution is 2.22. The van der Waals surface area contributed by atoms with Crippen LogP contribution in [0.25, 0.3) is 11.0 Å². The van der Waals surface area contributed by atoms with E-state index in [1.807, 2.05) is 6.92 Å². The monoisotopic (exact) mass is 452 g/mol. The minimum absolute atomic E-state index is 0.179. The van der Waals surface area contributed by atoms with Crippen LogP contribution in [-0.4, -0.2) is 83.7 Å². The molecule has 1 amide bonds. The van der Waals surface area contributed by atoms with E-state index in [1.165, 1.54) is 6.33 Å². The quantitative estimate of drug-likeness (QED) is 0.456. The first-order chi connectivity index (χ1) is 16.0. The molecule has 0 bridgehead atoms. The number of aromatic nitrogens is 4. The van der Waals surface area contributed by atoms with E-state index < -0.39 is 0 Å². The van der Waals surface area contributed by atoms with Gasteiger partial charge in [0.05, 0.1) is 12.8 Å². The number of hydrogen-bond acceptors (Lipinski definition) is 9. The van der Waals surface area contributed by atoms with E-state index >= 15 is 0 Å². The second kappa shape index (κ2) is 10.7. The third-order valence-electron chi connectivity index (χ3n) is 6.03. The van der Waals surface area contributed by atoms with Gasteiger partial charge >= 0.3 is 0 Å². The van der Waals surface area contributed by atoms with Crippen molar-refractivity contribution in [2.45, 2.75) is 19.8 Å². The van der Waals surface area contributed by atoms with Gasteiger partial charge in [0, 0.05) is 56.5 Å². The van der Waals surface area contributed by atoms with Gasteiger partial charge in [0.2, 0.25) is 5.95 Å². The summed E-state index contributed by atoms with van der Waals surface area (Å²) < 4.78 is 5.36. The molecule has 2 saturated heterocycles. The zero-order valence-electron chi connectivity index (χ0n) is 19.4. The van der Waals surface area contributed by atoms with Gasteiger partial charge < -0.3 is 25.2 Å². The Bertz CT molecular complexity index is 1030. The number of allylic oxidation sites excluding steroid dienone is 1. The number of nitrogens with zero attached hydrogens (tertiary/aromatic N) is 6. The van der Waals surface area contributed by atoms with Crippen molar-refractivity contribution in [3.8, 4) is 0 Å². The van der Waals surface area contributed by atoms with E-state index in [2.05, 4.69) is 49.0 Å². The molecule has 10 heteroatoms. The number of hydrogen-bond donors (Lipinski definition) is 2. The van der Waals surface area contributed by atoms with Crippen LogP contribution in [0, 0.1) is 5.92 Å². The molecule has 33 heavy (non-hydrogen) atoms. The van der Waals surface area contributed by atoms with Gasteiger partial charge in [0.25, 0.3) is 5.91 Å². The SMILES string of the molecule is C=C(/C=C(\CC)Nc1ncnc2cnc(N3CCN(C)CC3)nc12)C(=O)NCC1CCOC1. The molecule has 4 heterocycles. The summed E-state index contributed by atoms with van der Waals surface area (Å²) in [5.41, 5.74) is 2.52. The van der Waals surface area contributed by atoms with Crippen LogP contribution in [0.2, 0.25) is 0 Å². The molecule has 0 spiro atoms. The highest BCUT2D eigenvalue weighted by molar-refractivity contribution is 5.96. The molecule has 1 unspecified atom stereocenters. The Morgan fingerprint density at radius 3 is 2.82 bits per heavy atom. The average molecular weight is 453 g/mol. The maximum absolute atomic E-state index is 12.5. The maximum Gasteiger partial charge on any atom is 0.250 e. The molecule has 2 N–H and O–H groups in total. The van der Waals surface area contributed by atoms with Crippen LogP contribution in [0.1, 0.15) is 19.8 Å². The molecule has 2 aliphatic rings. The van der Waals surface area contributed by atoms with Crippen LogP contribution in [-0.2, 0) is 9.53 Å². The number of ether oxygens (including phenoxy) is 1. The van der Waals surface area contributed by atoms with E-state index in [9.17, 15) is 4.79 Å². The summed E-state index contributed by atoms with van der Waals surface area (Å²) in [5, 5.41) is 6.27. The Morgan fingerprint density at radius 1 is 1.27 bits per heavy atom. The van der Waals surface area contributed by atoms with E-state index in [4.69, 9.17) is 9.72 Å². The van der Waals surface area contributed by atoms with E-state index in [0.29, 0.717) is 53.9 Å². The number of fused-ring (bicyclic) bond motifs is 1. The second-order valence-corrected chi connectivity index (χ2v) is 8.53. The normalized spacial score (nSPS) is 19.6. The van der Waals surface area contributed by atoms with Crippen LogP contribution < -0.4 is 15.5 Å². The number of nitrogens with one attached hydrogen (secondary N) is 2. The molecule has 1 atom stereocenters. The molecule has 2 aliphatic heterocycles. The van der Waals surface area contributed by atoms with E-state index in [0.717, 1.165) is 44.9 Å². The third kappa shape index (κ3) is 5.82. The lowest BCUT2D eigenvalue weighted by Gasteiger charge is -2.32. The van der Waals surface area contributed by atoms with Gasteiger partial charge in [0.15, 0.2) is 5.82 Å². The van der Waals surface area contributed by atoms with Gasteiger partial charge in [-0.05, 0) is 26.0 Å². The minimum Gasteiger partial charge on any atom is -0.381 e. The number of carbonyl (C=O) groups excluding carboxylic acids is 1. The lowest BCUT2D eigenvalue weighted by molar-refractivity contribution is -0.117. The van der Waals surface area contributed by atoms with Gasteiger partial charge in [-0.15, -0.1) is 0 Å². The number of rotatable bonds is 8. The number of piperazine rings is 1. The summed E-state index contributed by atoms with van der Waals surface area (Å²) in [4.78, 5) is 34.9. The molecular formula is C23H32N8O2. The van der Waals surface area contributed by atoms with Gasteiger partial charge in [-0.3, -0.25) is 4.79 Å². The van der Waals surface area contributed by atoms with Crippen LogP contribution in [0.3, 0.4) is 0 Å². The predicted molar refractivity (Wildman–Crippen MR) is 128 cm³/mol. The first-order valence-electron chi connectivity index (χ1n) is 11.5. The first-order valence-corrected chi connectivity index (χ1v) is 11.5. The zero-order chi connectivity index (χ0) is 23.2. The van der Waals surface area contributed by atoms with Crippen molar-refractivity contribution in [2.24, 2.45) is 5.92 Å². The molecule has 2 fully saturated rings. The smallest absolute Gasteiger partial charge is 0.250 e. The van der Waals surface area contributed by atoms with Crippen molar-refractivity contribution in [1.29, 1.82) is 0 Å². The Morgan fingerprint density at radius 2 is 2.09 bits per heavy atom. The molecule has 2 aromatic heterocycles. The summed E-state index contributed by atoms with van der Waals surface area (Å²) in [5.74, 6) is 1.45. The summed E-state index contributed by atoms with van der Waals surface area (Å²) in [6, 6.07) is 0. The molecular weight excluding hydrogens is 420 g/mol. The van der Waals surface area contributed by atoms with Gasteiger partial charge in [-0.25, -0.2) is 19.9 Å². The summed E-state index contributed by atoms with van der Waals surface area (Å²) >= 11 is 0. The lowest BCUT2D eigenvalue weighted by Crippen LogP contribution is -2.45. The molecule has 2 aromatic rings. The second-order valence-electron chi connectivity index (χ2n) is 8.53. The van der Waals surface area contributed by atoms with Crippen molar-refractivity contribution in [1.82, 2.24) is 30.2 Å². The fourth-order valence-electron chi connectivity index (χ4n) is 3.84. The van der Waals surface area contributed by atoms with Crippen molar-refractivity contribution < 1.29 is 9.53 Å². The molecule has 0 saturated carbocycles. The first kappa shape index (κ1) is 23.1. The average Bonchev–Trinajstić information content (AvgIpc) is 3.36. The topological polar surface area (TPSA) is 108 Å².